The second-order valence-corrected chi connectivity index (χ2v) is 9.25. The van der Waals surface area contributed by atoms with Crippen LogP contribution in [0.25, 0.3) is 5.70 Å². The van der Waals surface area contributed by atoms with Gasteiger partial charge in [0.2, 0.25) is 0 Å². The molecule has 0 aliphatic carbocycles. The monoisotopic (exact) mass is 441 g/mol. The Bertz CT molecular complexity index is 831. The first-order valence-electron chi connectivity index (χ1n) is 9.78. The number of hydrogen-bond donors (Lipinski definition) is 1. The minimum atomic E-state index is -1.49. The van der Waals surface area contributed by atoms with Crippen LogP contribution in [0.1, 0.15) is 52.0 Å². The molecule has 1 atom stereocenters. The normalized spacial score (nSPS) is 12.3. The van der Waals surface area contributed by atoms with Gasteiger partial charge in [0.05, 0.1) is 5.02 Å². The van der Waals surface area contributed by atoms with Crippen LogP contribution in [-0.4, -0.2) is 5.25 Å². The average Bonchev–Trinajstić information content (AvgIpc) is 2.65. The summed E-state index contributed by atoms with van der Waals surface area (Å²) in [7, 11) is 0. The zero-order valence-corrected chi connectivity index (χ0v) is 18.6. The zero-order valence-electron chi connectivity index (χ0n) is 17.0. The molecule has 2 aromatic carbocycles. The van der Waals surface area contributed by atoms with Gasteiger partial charge in [0.15, 0.2) is 17.5 Å². The van der Waals surface area contributed by atoms with Gasteiger partial charge in [-0.05, 0) is 42.9 Å². The van der Waals surface area contributed by atoms with E-state index in [2.05, 4.69) is 32.7 Å². The molecule has 2 aromatic rings. The maximum Gasteiger partial charge on any atom is 0.194 e. The lowest BCUT2D eigenvalue weighted by atomic mass is 10.0. The van der Waals surface area contributed by atoms with Crippen molar-refractivity contribution < 1.29 is 13.2 Å². The Morgan fingerprint density at radius 2 is 1.72 bits per heavy atom. The first-order chi connectivity index (χ1) is 13.7. The lowest BCUT2D eigenvalue weighted by Gasteiger charge is -2.19. The van der Waals surface area contributed by atoms with Gasteiger partial charge in [-0.15, -0.1) is 11.8 Å². The Morgan fingerprint density at radius 1 is 1.07 bits per heavy atom. The van der Waals surface area contributed by atoms with Crippen LogP contribution in [0.3, 0.4) is 0 Å². The fraction of sp³-hybridized carbons (Fsp3) is 0.391. The zero-order chi connectivity index (χ0) is 21.6. The summed E-state index contributed by atoms with van der Waals surface area (Å²) in [5.41, 5.74) is 1.29. The Balaban J connectivity index is 2.17. The second kappa shape index (κ2) is 11.0. The summed E-state index contributed by atoms with van der Waals surface area (Å²) in [6.45, 7) is 10.6. The Kier molecular flexibility index (Phi) is 8.97. The van der Waals surface area contributed by atoms with Crippen LogP contribution in [0.4, 0.5) is 18.9 Å². The molecule has 29 heavy (non-hydrogen) atoms. The molecule has 0 heterocycles. The predicted octanol–water partition coefficient (Wildman–Crippen LogP) is 8.54. The van der Waals surface area contributed by atoms with E-state index in [4.69, 9.17) is 11.6 Å². The standard InChI is InChI=1S/C23H27ClF3NS/c1-5-6-18(9-7-14(2)3)29-22-11-16(8-10-19(22)24)15(4)28-17-12-20(25)23(27)21(26)13-17/h8,10-14,18,28H,4-7,9H2,1-3H3. The van der Waals surface area contributed by atoms with Crippen molar-refractivity contribution >= 4 is 34.7 Å². The Hall–Kier alpha value is -1.59. The molecule has 2 rings (SSSR count). The topological polar surface area (TPSA) is 12.0 Å². The highest BCUT2D eigenvalue weighted by Crippen LogP contribution is 2.36. The summed E-state index contributed by atoms with van der Waals surface area (Å²) in [6, 6.07) is 7.32. The third-order valence-corrected chi connectivity index (χ3v) is 6.37. The van der Waals surface area contributed by atoms with Crippen molar-refractivity contribution in [3.05, 3.63) is 64.9 Å². The van der Waals surface area contributed by atoms with E-state index < -0.39 is 17.5 Å². The number of hydrogen-bond acceptors (Lipinski definition) is 2. The van der Waals surface area contributed by atoms with E-state index in [1.165, 1.54) is 0 Å². The van der Waals surface area contributed by atoms with Gasteiger partial charge in [-0.25, -0.2) is 13.2 Å². The minimum Gasteiger partial charge on any atom is -0.355 e. The third-order valence-electron chi connectivity index (χ3n) is 4.53. The molecule has 6 heteroatoms. The highest BCUT2D eigenvalue weighted by atomic mass is 35.5. The summed E-state index contributed by atoms with van der Waals surface area (Å²) in [4.78, 5) is 0.950. The lowest BCUT2D eigenvalue weighted by molar-refractivity contribution is 0.448. The van der Waals surface area contributed by atoms with Crippen LogP contribution in [0.15, 0.2) is 41.8 Å². The molecular weight excluding hydrogens is 415 g/mol. The van der Waals surface area contributed by atoms with Crippen molar-refractivity contribution in [3.8, 4) is 0 Å². The molecule has 0 aliphatic heterocycles. The number of benzene rings is 2. The molecule has 0 aromatic heterocycles. The van der Waals surface area contributed by atoms with E-state index in [0.717, 1.165) is 48.3 Å². The summed E-state index contributed by atoms with van der Waals surface area (Å²) < 4.78 is 40.0. The molecule has 0 fully saturated rings. The van der Waals surface area contributed by atoms with E-state index in [-0.39, 0.29) is 5.69 Å². The minimum absolute atomic E-state index is 0.0938. The van der Waals surface area contributed by atoms with E-state index >= 15 is 0 Å². The van der Waals surface area contributed by atoms with Crippen LogP contribution in [-0.2, 0) is 0 Å². The van der Waals surface area contributed by atoms with Gasteiger partial charge in [-0.1, -0.05) is 51.4 Å². The third kappa shape index (κ3) is 7.00. The highest BCUT2D eigenvalue weighted by molar-refractivity contribution is 8.00. The van der Waals surface area contributed by atoms with Crippen molar-refractivity contribution in [2.24, 2.45) is 5.92 Å². The molecule has 1 nitrogen and oxygen atoms in total. The quantitative estimate of drug-likeness (QED) is 0.293. The molecule has 0 spiro atoms. The molecule has 0 radical (unpaired) electrons. The fourth-order valence-corrected chi connectivity index (χ4v) is 4.53. The van der Waals surface area contributed by atoms with Crippen molar-refractivity contribution in [2.45, 2.75) is 56.6 Å². The van der Waals surface area contributed by atoms with Crippen molar-refractivity contribution in [3.63, 3.8) is 0 Å². The summed E-state index contributed by atoms with van der Waals surface area (Å²) in [6.07, 6.45) is 4.48. The molecule has 0 saturated carbocycles. The lowest BCUT2D eigenvalue weighted by Crippen LogP contribution is -2.05. The van der Waals surface area contributed by atoms with Crippen LogP contribution >= 0.6 is 23.4 Å². The van der Waals surface area contributed by atoms with E-state index in [0.29, 0.717) is 21.9 Å². The smallest absolute Gasteiger partial charge is 0.194 e. The van der Waals surface area contributed by atoms with Crippen LogP contribution in [0, 0.1) is 23.4 Å². The first kappa shape index (κ1) is 23.7. The second-order valence-electron chi connectivity index (χ2n) is 7.50. The van der Waals surface area contributed by atoms with Gasteiger partial charge in [0.25, 0.3) is 0 Å². The fourth-order valence-electron chi connectivity index (χ4n) is 2.94. The SMILES string of the molecule is C=C(Nc1cc(F)c(F)c(F)c1)c1ccc(Cl)c(SC(CCC)CCC(C)C)c1. The number of nitrogens with one attached hydrogen (secondary N) is 1. The van der Waals surface area contributed by atoms with Crippen molar-refractivity contribution in [1.29, 1.82) is 0 Å². The van der Waals surface area contributed by atoms with Crippen molar-refractivity contribution in [1.82, 2.24) is 0 Å². The molecule has 1 N–H and O–H groups in total. The predicted molar refractivity (Wildman–Crippen MR) is 119 cm³/mol. The van der Waals surface area contributed by atoms with Gasteiger partial charge in [-0.3, -0.25) is 0 Å². The van der Waals surface area contributed by atoms with Gasteiger partial charge in [0.1, 0.15) is 0 Å². The summed E-state index contributed by atoms with van der Waals surface area (Å²) >= 11 is 8.17. The maximum atomic E-state index is 13.4. The molecule has 1 unspecified atom stereocenters. The molecule has 0 saturated heterocycles. The van der Waals surface area contributed by atoms with E-state index in [1.54, 1.807) is 23.9 Å². The molecule has 0 bridgehead atoms. The molecule has 0 amide bonds. The summed E-state index contributed by atoms with van der Waals surface area (Å²) in [5, 5.41) is 3.97. The first-order valence-corrected chi connectivity index (χ1v) is 11.0. The molecule has 158 valence electrons. The Labute approximate surface area is 180 Å². The Morgan fingerprint density at radius 3 is 2.31 bits per heavy atom. The molecular formula is C23H27ClF3NS. The van der Waals surface area contributed by atoms with Gasteiger partial charge in [0, 0.05) is 33.7 Å². The number of anilines is 1. The average molecular weight is 442 g/mol. The van der Waals surface area contributed by atoms with Gasteiger partial charge < -0.3 is 5.32 Å². The number of halogens is 4. The summed E-state index contributed by atoms with van der Waals surface area (Å²) in [5.74, 6) is -3.34. The largest absolute Gasteiger partial charge is 0.355 e. The van der Waals surface area contributed by atoms with Crippen LogP contribution in [0.5, 0.6) is 0 Å². The van der Waals surface area contributed by atoms with Crippen LogP contribution < -0.4 is 5.32 Å². The van der Waals surface area contributed by atoms with Crippen LogP contribution in [0.2, 0.25) is 5.02 Å². The maximum absolute atomic E-state index is 13.4. The van der Waals surface area contributed by atoms with E-state index in [1.807, 2.05) is 6.07 Å². The van der Waals surface area contributed by atoms with Gasteiger partial charge >= 0.3 is 0 Å². The van der Waals surface area contributed by atoms with Gasteiger partial charge in [-0.2, -0.15) is 0 Å². The number of rotatable bonds is 10. The van der Waals surface area contributed by atoms with E-state index in [9.17, 15) is 13.2 Å². The highest BCUT2D eigenvalue weighted by Gasteiger charge is 2.15. The molecule has 0 aliphatic rings. The number of thioether (sulfide) groups is 1. The van der Waals surface area contributed by atoms with Crippen molar-refractivity contribution in [2.75, 3.05) is 5.32 Å².